The van der Waals surface area contributed by atoms with Gasteiger partial charge in [-0.3, -0.25) is 0 Å². The van der Waals surface area contributed by atoms with E-state index in [4.69, 9.17) is 5.73 Å². The van der Waals surface area contributed by atoms with Crippen LogP contribution in [0.1, 0.15) is 11.1 Å². The Kier molecular flexibility index (Phi) is 4.11. The Balaban J connectivity index is 2.31. The summed E-state index contributed by atoms with van der Waals surface area (Å²) in [5, 5.41) is 0. The number of hydrogen-bond acceptors (Lipinski definition) is 3. The maximum Gasteiger partial charge on any atom is 0.245 e. The summed E-state index contributed by atoms with van der Waals surface area (Å²) in [6.07, 6.45) is 0. The van der Waals surface area contributed by atoms with E-state index < -0.39 is 10.0 Å². The van der Waals surface area contributed by atoms with E-state index in [-0.39, 0.29) is 10.6 Å². The Labute approximate surface area is 119 Å². The molecule has 4 nitrogen and oxygen atoms in total. The molecule has 0 saturated carbocycles. The van der Waals surface area contributed by atoms with Crippen molar-refractivity contribution in [3.63, 3.8) is 0 Å². The Morgan fingerprint density at radius 3 is 2.30 bits per heavy atom. The van der Waals surface area contributed by atoms with Gasteiger partial charge in [-0.15, -0.1) is 0 Å². The van der Waals surface area contributed by atoms with E-state index in [0.29, 0.717) is 6.54 Å². The van der Waals surface area contributed by atoms with Crippen molar-refractivity contribution >= 4 is 15.7 Å². The maximum absolute atomic E-state index is 12.5. The van der Waals surface area contributed by atoms with Crippen molar-refractivity contribution in [3.05, 3.63) is 59.7 Å². The fourth-order valence-electron chi connectivity index (χ4n) is 2.00. The topological polar surface area (TPSA) is 63.4 Å². The van der Waals surface area contributed by atoms with Crippen LogP contribution in [0, 0.1) is 6.92 Å². The lowest BCUT2D eigenvalue weighted by atomic mass is 10.1. The molecular formula is C15H18N2O2S. The zero-order valence-corrected chi connectivity index (χ0v) is 12.4. The van der Waals surface area contributed by atoms with Crippen molar-refractivity contribution in [1.29, 1.82) is 0 Å². The molecule has 106 valence electrons. The summed E-state index contributed by atoms with van der Waals surface area (Å²) >= 11 is 0. The average Bonchev–Trinajstić information content (AvgIpc) is 2.41. The molecule has 0 radical (unpaired) electrons. The number of nitrogens with zero attached hydrogens (tertiary/aromatic N) is 1. The molecule has 0 fully saturated rings. The van der Waals surface area contributed by atoms with Crippen molar-refractivity contribution in [2.45, 2.75) is 18.4 Å². The summed E-state index contributed by atoms with van der Waals surface area (Å²) in [7, 11) is -2.01. The summed E-state index contributed by atoms with van der Waals surface area (Å²) in [4.78, 5) is 0.149. The molecule has 0 aliphatic heterocycles. The fourth-order valence-corrected chi connectivity index (χ4v) is 3.26. The molecule has 2 N–H and O–H groups in total. The molecule has 0 saturated heterocycles. The van der Waals surface area contributed by atoms with E-state index in [1.807, 2.05) is 31.2 Å². The van der Waals surface area contributed by atoms with Crippen LogP contribution in [0.2, 0.25) is 0 Å². The normalized spacial score (nSPS) is 11.8. The molecule has 0 aliphatic carbocycles. The van der Waals surface area contributed by atoms with Gasteiger partial charge in [0.05, 0.1) is 5.69 Å². The minimum atomic E-state index is -3.58. The third-order valence-corrected chi connectivity index (χ3v) is 5.14. The average molecular weight is 290 g/mol. The van der Waals surface area contributed by atoms with Crippen LogP contribution in [-0.4, -0.2) is 19.8 Å². The smallest absolute Gasteiger partial charge is 0.245 e. The highest BCUT2D eigenvalue weighted by Crippen LogP contribution is 2.22. The lowest BCUT2D eigenvalue weighted by Gasteiger charge is -2.19. The van der Waals surface area contributed by atoms with Gasteiger partial charge in [0.2, 0.25) is 10.0 Å². The van der Waals surface area contributed by atoms with Gasteiger partial charge in [0, 0.05) is 13.6 Å². The Morgan fingerprint density at radius 2 is 1.65 bits per heavy atom. The second kappa shape index (κ2) is 5.64. The van der Waals surface area contributed by atoms with Gasteiger partial charge in [-0.05, 0) is 30.2 Å². The number of aryl methyl sites for hydroxylation is 1. The number of rotatable bonds is 4. The van der Waals surface area contributed by atoms with Gasteiger partial charge < -0.3 is 5.73 Å². The lowest BCUT2D eigenvalue weighted by molar-refractivity contribution is 0.466. The Morgan fingerprint density at radius 1 is 1.05 bits per heavy atom. The molecule has 20 heavy (non-hydrogen) atoms. The minimum absolute atomic E-state index is 0.149. The van der Waals surface area contributed by atoms with E-state index >= 15 is 0 Å². The molecule has 0 unspecified atom stereocenters. The highest BCUT2D eigenvalue weighted by atomic mass is 32.2. The number of nitrogen functional groups attached to an aromatic ring is 1. The molecular weight excluding hydrogens is 272 g/mol. The fraction of sp³-hybridized carbons (Fsp3) is 0.200. The van der Waals surface area contributed by atoms with Crippen LogP contribution in [0.15, 0.2) is 53.4 Å². The van der Waals surface area contributed by atoms with Gasteiger partial charge in [-0.1, -0.05) is 36.4 Å². The molecule has 2 aromatic carbocycles. The number of sulfonamides is 1. The van der Waals surface area contributed by atoms with Gasteiger partial charge in [0.1, 0.15) is 4.90 Å². The molecule has 0 heterocycles. The number of para-hydroxylation sites is 1. The van der Waals surface area contributed by atoms with Crippen LogP contribution in [-0.2, 0) is 16.6 Å². The van der Waals surface area contributed by atoms with E-state index in [1.54, 1.807) is 25.2 Å². The van der Waals surface area contributed by atoms with Gasteiger partial charge in [-0.2, -0.15) is 4.31 Å². The minimum Gasteiger partial charge on any atom is -0.398 e. The lowest BCUT2D eigenvalue weighted by Crippen LogP contribution is -2.27. The molecule has 0 bridgehead atoms. The monoisotopic (exact) mass is 290 g/mol. The second-order valence-electron chi connectivity index (χ2n) is 4.73. The molecule has 2 aromatic rings. The molecule has 2 rings (SSSR count). The first-order chi connectivity index (χ1) is 9.43. The zero-order valence-electron chi connectivity index (χ0n) is 11.6. The van der Waals surface area contributed by atoms with E-state index in [2.05, 4.69) is 0 Å². The van der Waals surface area contributed by atoms with E-state index in [0.717, 1.165) is 11.1 Å². The molecule has 0 aliphatic rings. The van der Waals surface area contributed by atoms with Crippen molar-refractivity contribution in [2.75, 3.05) is 12.8 Å². The number of anilines is 1. The molecule has 5 heteroatoms. The van der Waals surface area contributed by atoms with Crippen LogP contribution >= 0.6 is 0 Å². The molecule has 0 amide bonds. The number of nitrogens with two attached hydrogens (primary N) is 1. The van der Waals surface area contributed by atoms with Gasteiger partial charge in [-0.25, -0.2) is 8.42 Å². The highest BCUT2D eigenvalue weighted by molar-refractivity contribution is 7.89. The highest BCUT2D eigenvalue weighted by Gasteiger charge is 2.23. The quantitative estimate of drug-likeness (QED) is 0.879. The van der Waals surface area contributed by atoms with Crippen molar-refractivity contribution < 1.29 is 8.42 Å². The van der Waals surface area contributed by atoms with Crippen LogP contribution < -0.4 is 5.73 Å². The SMILES string of the molecule is Cc1ccccc1CN(C)S(=O)(=O)c1ccccc1N. The van der Waals surface area contributed by atoms with Crippen molar-refractivity contribution in [2.24, 2.45) is 0 Å². The van der Waals surface area contributed by atoms with E-state index in [1.165, 1.54) is 10.4 Å². The predicted molar refractivity (Wildman–Crippen MR) is 80.7 cm³/mol. The van der Waals surface area contributed by atoms with E-state index in [9.17, 15) is 8.42 Å². The van der Waals surface area contributed by atoms with Gasteiger partial charge in [0.25, 0.3) is 0 Å². The van der Waals surface area contributed by atoms with Gasteiger partial charge >= 0.3 is 0 Å². The standard InChI is InChI=1S/C15H18N2O2S/c1-12-7-3-4-8-13(12)11-17(2)20(18,19)15-10-6-5-9-14(15)16/h3-10H,11,16H2,1-2H3. The number of hydrogen-bond donors (Lipinski definition) is 1. The Bertz CT molecular complexity index is 711. The van der Waals surface area contributed by atoms with Gasteiger partial charge in [0.15, 0.2) is 0 Å². The third kappa shape index (κ3) is 2.84. The first-order valence-corrected chi connectivity index (χ1v) is 7.72. The molecule has 0 atom stereocenters. The summed E-state index contributed by atoms with van der Waals surface area (Å²) in [6.45, 7) is 2.29. The van der Waals surface area contributed by atoms with Crippen molar-refractivity contribution in [3.8, 4) is 0 Å². The molecule has 0 spiro atoms. The molecule has 0 aromatic heterocycles. The van der Waals surface area contributed by atoms with Crippen LogP contribution in [0.5, 0.6) is 0 Å². The summed E-state index contributed by atoms with van der Waals surface area (Å²) < 4.78 is 26.3. The Hall–Kier alpha value is -1.85. The first kappa shape index (κ1) is 14.6. The maximum atomic E-state index is 12.5. The zero-order chi connectivity index (χ0) is 14.8. The van der Waals surface area contributed by atoms with Crippen molar-refractivity contribution in [1.82, 2.24) is 4.31 Å². The number of benzene rings is 2. The van der Waals surface area contributed by atoms with Crippen LogP contribution in [0.3, 0.4) is 0 Å². The van der Waals surface area contributed by atoms with Crippen LogP contribution in [0.4, 0.5) is 5.69 Å². The summed E-state index contributed by atoms with van der Waals surface area (Å²) in [5.41, 5.74) is 8.07. The summed E-state index contributed by atoms with van der Waals surface area (Å²) in [6, 6.07) is 14.2. The second-order valence-corrected chi connectivity index (χ2v) is 6.74. The predicted octanol–water partition coefficient (Wildman–Crippen LogP) is 2.40. The van der Waals surface area contributed by atoms with Crippen LogP contribution in [0.25, 0.3) is 0 Å². The third-order valence-electron chi connectivity index (χ3n) is 3.26. The first-order valence-electron chi connectivity index (χ1n) is 6.28. The largest absolute Gasteiger partial charge is 0.398 e. The summed E-state index contributed by atoms with van der Waals surface area (Å²) in [5.74, 6) is 0.